The van der Waals surface area contributed by atoms with Crippen LogP contribution in [0.15, 0.2) is 28.4 Å². The highest BCUT2D eigenvalue weighted by Gasteiger charge is 2.32. The van der Waals surface area contributed by atoms with Gasteiger partial charge in [-0.25, -0.2) is 4.79 Å². The van der Waals surface area contributed by atoms with Gasteiger partial charge in [0.05, 0.1) is 32.4 Å². The van der Waals surface area contributed by atoms with Gasteiger partial charge in [-0.05, 0) is 23.8 Å². The molecule has 2 rings (SSSR count). The molecule has 1 aliphatic rings. The number of carbonyl (C=O) groups is 3. The molecule has 0 radical (unpaired) electrons. The van der Waals surface area contributed by atoms with E-state index in [1.165, 1.54) is 26.5 Å². The molecule has 1 aliphatic heterocycles. The highest BCUT2D eigenvalue weighted by molar-refractivity contribution is 8.15. The van der Waals surface area contributed by atoms with Crippen LogP contribution >= 0.6 is 11.8 Å². The monoisotopic (exact) mass is 365 g/mol. The molecule has 1 fully saturated rings. The van der Waals surface area contributed by atoms with Crippen LogP contribution in [0.4, 0.5) is 0 Å². The van der Waals surface area contributed by atoms with E-state index in [0.717, 1.165) is 11.8 Å². The Morgan fingerprint density at radius 1 is 1.36 bits per heavy atom. The summed E-state index contributed by atoms with van der Waals surface area (Å²) in [6, 6.07) is 4.72. The number of hydrogen-bond donors (Lipinski definition) is 2. The third kappa shape index (κ3) is 5.05. The summed E-state index contributed by atoms with van der Waals surface area (Å²) in [5.74, 6) is -1.56. The molecule has 1 saturated heterocycles. The molecule has 1 aromatic carbocycles. The maximum Gasteiger partial charge on any atom is 0.338 e. The highest BCUT2D eigenvalue weighted by atomic mass is 32.2. The molecule has 132 valence electrons. The minimum absolute atomic E-state index is 0.212. The Morgan fingerprint density at radius 2 is 2.12 bits per heavy atom. The second kappa shape index (κ2) is 8.29. The Morgan fingerprint density at radius 3 is 2.76 bits per heavy atom. The molecule has 0 spiro atoms. The van der Waals surface area contributed by atoms with E-state index in [9.17, 15) is 14.4 Å². The number of amides is 1. The number of nitrogens with zero attached hydrogens (tertiary/aromatic N) is 2. The predicted molar refractivity (Wildman–Crippen MR) is 91.1 cm³/mol. The molecule has 9 nitrogen and oxygen atoms in total. The van der Waals surface area contributed by atoms with Gasteiger partial charge in [-0.1, -0.05) is 11.8 Å². The number of benzene rings is 1. The first-order valence-electron chi connectivity index (χ1n) is 7.00. The van der Waals surface area contributed by atoms with Crippen LogP contribution in [0.2, 0.25) is 0 Å². The standard InChI is InChI=1S/C15H15N3O6S/c1-23-10-4-8(3-9(5-10)14(22)24-2)7-16-18-15-17-13(21)11(25-15)6-12(19)20/h3-5,7,11H,6H2,1-2H3,(H,19,20)(H,17,18,21). The number of amidine groups is 1. The van der Waals surface area contributed by atoms with Gasteiger partial charge in [0.15, 0.2) is 5.17 Å². The van der Waals surface area contributed by atoms with Crippen molar-refractivity contribution in [3.05, 3.63) is 29.3 Å². The van der Waals surface area contributed by atoms with Gasteiger partial charge in [0, 0.05) is 0 Å². The first-order chi connectivity index (χ1) is 11.9. The summed E-state index contributed by atoms with van der Waals surface area (Å²) >= 11 is 0.998. The normalized spacial score (nSPS) is 18.4. The number of thioether (sulfide) groups is 1. The summed E-state index contributed by atoms with van der Waals surface area (Å²) < 4.78 is 9.78. The summed E-state index contributed by atoms with van der Waals surface area (Å²) in [6.45, 7) is 0. The number of nitrogens with one attached hydrogen (secondary N) is 1. The third-order valence-electron chi connectivity index (χ3n) is 3.08. The van der Waals surface area contributed by atoms with Crippen molar-refractivity contribution in [1.29, 1.82) is 0 Å². The summed E-state index contributed by atoms with van der Waals surface area (Å²) in [4.78, 5) is 33.9. The van der Waals surface area contributed by atoms with Crippen molar-refractivity contribution >= 4 is 41.0 Å². The van der Waals surface area contributed by atoms with Gasteiger partial charge in [-0.15, -0.1) is 5.10 Å². The summed E-state index contributed by atoms with van der Waals surface area (Å²) in [5, 5.41) is 18.4. The zero-order valence-electron chi connectivity index (χ0n) is 13.4. The molecule has 2 N–H and O–H groups in total. The Balaban J connectivity index is 2.13. The van der Waals surface area contributed by atoms with E-state index in [1.807, 2.05) is 0 Å². The van der Waals surface area contributed by atoms with E-state index < -0.39 is 23.1 Å². The fourth-order valence-electron chi connectivity index (χ4n) is 1.94. The number of rotatable bonds is 6. The molecular formula is C15H15N3O6S. The number of methoxy groups -OCH3 is 2. The van der Waals surface area contributed by atoms with Gasteiger partial charge in [-0.2, -0.15) is 5.10 Å². The quantitative estimate of drug-likeness (QED) is 0.435. The van der Waals surface area contributed by atoms with Gasteiger partial charge in [0.25, 0.3) is 0 Å². The zero-order chi connectivity index (χ0) is 18.4. The number of carboxylic acids is 1. The summed E-state index contributed by atoms with van der Waals surface area (Å²) in [6.07, 6.45) is 1.08. The Labute approximate surface area is 147 Å². The molecule has 10 heteroatoms. The van der Waals surface area contributed by atoms with Crippen molar-refractivity contribution < 1.29 is 29.0 Å². The fourth-order valence-corrected chi connectivity index (χ4v) is 2.86. The van der Waals surface area contributed by atoms with Crippen LogP contribution in [-0.4, -0.2) is 53.8 Å². The second-order valence-corrected chi connectivity index (χ2v) is 6.02. The van der Waals surface area contributed by atoms with Crippen LogP contribution < -0.4 is 10.1 Å². The largest absolute Gasteiger partial charge is 0.497 e. The second-order valence-electron chi connectivity index (χ2n) is 4.83. The van der Waals surface area contributed by atoms with Crippen molar-refractivity contribution in [3.8, 4) is 5.75 Å². The number of carboxylic acid groups (broad SMARTS) is 1. The summed E-state index contributed by atoms with van der Waals surface area (Å²) in [7, 11) is 2.74. The Bertz CT molecular complexity index is 762. The van der Waals surface area contributed by atoms with Crippen LogP contribution in [0.1, 0.15) is 22.3 Å². The Hall–Kier alpha value is -2.88. The van der Waals surface area contributed by atoms with Crippen molar-refractivity contribution in [2.75, 3.05) is 14.2 Å². The topological polar surface area (TPSA) is 127 Å². The van der Waals surface area contributed by atoms with Crippen molar-refractivity contribution in [3.63, 3.8) is 0 Å². The van der Waals surface area contributed by atoms with Gasteiger partial charge < -0.3 is 19.9 Å². The van der Waals surface area contributed by atoms with E-state index in [4.69, 9.17) is 9.84 Å². The van der Waals surface area contributed by atoms with E-state index in [-0.39, 0.29) is 11.6 Å². The average Bonchev–Trinajstić information content (AvgIpc) is 2.92. The maximum atomic E-state index is 11.6. The molecule has 0 aliphatic carbocycles. The molecular weight excluding hydrogens is 350 g/mol. The number of aliphatic carboxylic acids is 1. The van der Waals surface area contributed by atoms with E-state index >= 15 is 0 Å². The SMILES string of the molecule is COC(=O)c1cc(C=NN=C2NC(=O)C(CC(=O)O)S2)cc(OC)c1. The fraction of sp³-hybridized carbons (Fsp3) is 0.267. The molecule has 25 heavy (non-hydrogen) atoms. The van der Waals surface area contributed by atoms with Gasteiger partial charge in [0.1, 0.15) is 11.0 Å². The van der Waals surface area contributed by atoms with E-state index in [2.05, 4.69) is 20.3 Å². The van der Waals surface area contributed by atoms with E-state index in [0.29, 0.717) is 16.9 Å². The predicted octanol–water partition coefficient (Wildman–Crippen LogP) is 0.878. The van der Waals surface area contributed by atoms with Crippen LogP contribution in [0.5, 0.6) is 5.75 Å². The number of hydrogen-bond acceptors (Lipinski definition) is 8. The minimum Gasteiger partial charge on any atom is -0.497 e. The van der Waals surface area contributed by atoms with Gasteiger partial charge >= 0.3 is 11.9 Å². The van der Waals surface area contributed by atoms with Crippen LogP contribution in [0.3, 0.4) is 0 Å². The van der Waals surface area contributed by atoms with Crippen molar-refractivity contribution in [2.24, 2.45) is 10.2 Å². The molecule has 1 unspecified atom stereocenters. The lowest BCUT2D eigenvalue weighted by molar-refractivity contribution is -0.138. The van der Waals surface area contributed by atoms with Crippen LogP contribution in [-0.2, 0) is 14.3 Å². The third-order valence-corrected chi connectivity index (χ3v) is 4.15. The first kappa shape index (κ1) is 18.5. The molecule has 1 amide bonds. The van der Waals surface area contributed by atoms with E-state index in [1.54, 1.807) is 12.1 Å². The van der Waals surface area contributed by atoms with Gasteiger partial charge in [-0.3, -0.25) is 9.59 Å². The smallest absolute Gasteiger partial charge is 0.338 e. The average molecular weight is 365 g/mol. The van der Waals surface area contributed by atoms with Gasteiger partial charge in [0.2, 0.25) is 5.91 Å². The van der Waals surface area contributed by atoms with Crippen LogP contribution in [0.25, 0.3) is 0 Å². The number of carbonyl (C=O) groups excluding carboxylic acids is 2. The summed E-state index contributed by atoms with van der Waals surface area (Å²) in [5.41, 5.74) is 0.835. The molecule has 0 saturated carbocycles. The van der Waals surface area contributed by atoms with Crippen molar-refractivity contribution in [2.45, 2.75) is 11.7 Å². The lowest BCUT2D eigenvalue weighted by Crippen LogP contribution is -2.26. The zero-order valence-corrected chi connectivity index (χ0v) is 14.2. The first-order valence-corrected chi connectivity index (χ1v) is 7.88. The minimum atomic E-state index is -1.07. The van der Waals surface area contributed by atoms with Crippen LogP contribution in [0, 0.1) is 0 Å². The highest BCUT2D eigenvalue weighted by Crippen LogP contribution is 2.22. The molecule has 1 aromatic rings. The Kier molecular flexibility index (Phi) is 6.12. The maximum absolute atomic E-state index is 11.6. The van der Waals surface area contributed by atoms with Crippen molar-refractivity contribution in [1.82, 2.24) is 5.32 Å². The number of esters is 1. The lowest BCUT2D eigenvalue weighted by Gasteiger charge is -2.04. The molecule has 1 heterocycles. The molecule has 0 aromatic heterocycles. The molecule has 0 bridgehead atoms. The lowest BCUT2D eigenvalue weighted by atomic mass is 10.1. The number of ether oxygens (including phenoxy) is 2. The molecule has 1 atom stereocenters.